The first kappa shape index (κ1) is 16.8. The highest BCUT2D eigenvalue weighted by Crippen LogP contribution is 2.26. The summed E-state index contributed by atoms with van der Waals surface area (Å²) in [4.78, 5) is 13.4. The van der Waals surface area contributed by atoms with Crippen LogP contribution in [0.3, 0.4) is 0 Å². The number of carbonyl (C=O) groups is 1. The van der Waals surface area contributed by atoms with Crippen LogP contribution in [0.4, 0.5) is 0 Å². The van der Waals surface area contributed by atoms with Crippen LogP contribution in [0.2, 0.25) is 0 Å². The van der Waals surface area contributed by atoms with Gasteiger partial charge in [0.15, 0.2) is 0 Å². The molecule has 1 aliphatic heterocycles. The normalized spacial score (nSPS) is 16.5. The van der Waals surface area contributed by atoms with Crippen LogP contribution in [0.5, 0.6) is 5.75 Å². The lowest BCUT2D eigenvalue weighted by molar-refractivity contribution is -0.123. The van der Waals surface area contributed by atoms with Gasteiger partial charge in [-0.15, -0.1) is 0 Å². The van der Waals surface area contributed by atoms with E-state index in [1.807, 2.05) is 12.1 Å². The Morgan fingerprint density at radius 1 is 1.41 bits per heavy atom. The first-order valence-corrected chi connectivity index (χ1v) is 8.05. The molecular formula is C17H26N2O3. The monoisotopic (exact) mass is 306 g/mol. The van der Waals surface area contributed by atoms with E-state index in [4.69, 9.17) is 9.84 Å². The molecule has 122 valence electrons. The zero-order valence-electron chi connectivity index (χ0n) is 13.3. The number of hydrogen-bond acceptors (Lipinski definition) is 4. The van der Waals surface area contributed by atoms with Gasteiger partial charge in [0.05, 0.1) is 6.61 Å². The van der Waals surface area contributed by atoms with E-state index < -0.39 is 6.61 Å². The van der Waals surface area contributed by atoms with Crippen molar-refractivity contribution in [1.82, 2.24) is 10.2 Å². The zero-order valence-corrected chi connectivity index (χ0v) is 13.3. The van der Waals surface area contributed by atoms with Crippen molar-refractivity contribution < 1.29 is 14.6 Å². The van der Waals surface area contributed by atoms with Crippen molar-refractivity contribution >= 4 is 5.91 Å². The third-order valence-electron chi connectivity index (χ3n) is 4.08. The topological polar surface area (TPSA) is 61.8 Å². The number of benzene rings is 1. The van der Waals surface area contributed by atoms with Crippen LogP contribution in [0.1, 0.15) is 37.8 Å². The van der Waals surface area contributed by atoms with Crippen LogP contribution in [-0.2, 0) is 4.79 Å². The highest BCUT2D eigenvalue weighted by atomic mass is 16.5. The van der Waals surface area contributed by atoms with Crippen molar-refractivity contribution in [1.29, 1.82) is 0 Å². The van der Waals surface area contributed by atoms with Gasteiger partial charge in [-0.3, -0.25) is 9.69 Å². The maximum Gasteiger partial charge on any atom is 0.245 e. The van der Waals surface area contributed by atoms with Crippen LogP contribution < -0.4 is 10.1 Å². The fourth-order valence-electron chi connectivity index (χ4n) is 2.75. The second-order valence-corrected chi connectivity index (χ2v) is 5.70. The third kappa shape index (κ3) is 5.00. The molecule has 1 saturated heterocycles. The van der Waals surface area contributed by atoms with E-state index in [9.17, 15) is 4.79 Å². The van der Waals surface area contributed by atoms with E-state index >= 15 is 0 Å². The standard InChI is InChI=1S/C17H26N2O3/c1-14(19-9-2-3-10-19)15-6-4-7-16(12-15)22-11-5-8-18-17(21)13-20/h4,6-7,12,14,20H,2-3,5,8-11,13H2,1H3,(H,18,21). The summed E-state index contributed by atoms with van der Waals surface area (Å²) in [6, 6.07) is 8.68. The third-order valence-corrected chi connectivity index (χ3v) is 4.08. The molecule has 1 atom stereocenters. The number of rotatable bonds is 8. The number of nitrogens with one attached hydrogen (secondary N) is 1. The SMILES string of the molecule is CC(c1cccc(OCCCNC(=O)CO)c1)N1CCCC1. The van der Waals surface area contributed by atoms with Gasteiger partial charge in [-0.1, -0.05) is 12.1 Å². The number of hydrogen-bond donors (Lipinski definition) is 2. The highest BCUT2D eigenvalue weighted by molar-refractivity contribution is 5.76. The quantitative estimate of drug-likeness (QED) is 0.718. The van der Waals surface area contributed by atoms with Crippen LogP contribution >= 0.6 is 0 Å². The van der Waals surface area contributed by atoms with Crippen LogP contribution in [0.25, 0.3) is 0 Å². The largest absolute Gasteiger partial charge is 0.494 e. The second-order valence-electron chi connectivity index (χ2n) is 5.70. The predicted molar refractivity (Wildman–Crippen MR) is 85.9 cm³/mol. The molecule has 22 heavy (non-hydrogen) atoms. The molecule has 0 bridgehead atoms. The number of amides is 1. The maximum atomic E-state index is 10.9. The number of aliphatic hydroxyl groups is 1. The van der Waals surface area contributed by atoms with Crippen molar-refractivity contribution in [2.45, 2.75) is 32.2 Å². The Hall–Kier alpha value is -1.59. The Morgan fingerprint density at radius 2 is 2.18 bits per heavy atom. The van der Waals surface area contributed by atoms with Crippen LogP contribution in [0.15, 0.2) is 24.3 Å². The first-order chi connectivity index (χ1) is 10.7. The molecule has 1 unspecified atom stereocenters. The molecule has 0 spiro atoms. The van der Waals surface area contributed by atoms with E-state index in [-0.39, 0.29) is 5.91 Å². The summed E-state index contributed by atoms with van der Waals surface area (Å²) in [6.45, 7) is 5.20. The van der Waals surface area contributed by atoms with E-state index in [0.717, 1.165) is 12.2 Å². The van der Waals surface area contributed by atoms with Gasteiger partial charge in [-0.2, -0.15) is 0 Å². The molecule has 1 aliphatic rings. The molecule has 2 N–H and O–H groups in total. The number of nitrogens with zero attached hydrogens (tertiary/aromatic N) is 1. The van der Waals surface area contributed by atoms with Gasteiger partial charge in [0, 0.05) is 12.6 Å². The van der Waals surface area contributed by atoms with Crippen molar-refractivity contribution in [3.05, 3.63) is 29.8 Å². The average molecular weight is 306 g/mol. The molecule has 0 saturated carbocycles. The summed E-state index contributed by atoms with van der Waals surface area (Å²) >= 11 is 0. The fraction of sp³-hybridized carbons (Fsp3) is 0.588. The molecule has 5 heteroatoms. The summed E-state index contributed by atoms with van der Waals surface area (Å²) < 4.78 is 5.74. The number of likely N-dealkylation sites (tertiary alicyclic amines) is 1. The number of carbonyl (C=O) groups excluding carboxylic acids is 1. The zero-order chi connectivity index (χ0) is 15.8. The van der Waals surface area contributed by atoms with E-state index in [1.165, 1.54) is 31.5 Å². The lowest BCUT2D eigenvalue weighted by atomic mass is 10.1. The molecule has 2 rings (SSSR count). The van der Waals surface area contributed by atoms with E-state index in [1.54, 1.807) is 0 Å². The Morgan fingerprint density at radius 3 is 2.91 bits per heavy atom. The molecular weight excluding hydrogens is 280 g/mol. The molecule has 1 heterocycles. The molecule has 1 aromatic rings. The van der Waals surface area contributed by atoms with Crippen molar-refractivity contribution in [3.63, 3.8) is 0 Å². The molecule has 0 aromatic heterocycles. The predicted octanol–water partition coefficient (Wildman–Crippen LogP) is 1.72. The minimum absolute atomic E-state index is 0.346. The summed E-state index contributed by atoms with van der Waals surface area (Å²) in [5, 5.41) is 11.2. The highest BCUT2D eigenvalue weighted by Gasteiger charge is 2.19. The van der Waals surface area contributed by atoms with Crippen LogP contribution in [0, 0.1) is 0 Å². The Bertz CT molecular complexity index is 473. The van der Waals surface area contributed by atoms with Gasteiger partial charge in [0.25, 0.3) is 0 Å². The Balaban J connectivity index is 1.77. The lowest BCUT2D eigenvalue weighted by Crippen LogP contribution is -2.28. The van der Waals surface area contributed by atoms with Crippen molar-refractivity contribution in [2.24, 2.45) is 0 Å². The Kier molecular flexibility index (Phi) is 6.68. The van der Waals surface area contributed by atoms with Gasteiger partial charge >= 0.3 is 0 Å². The molecule has 5 nitrogen and oxygen atoms in total. The smallest absolute Gasteiger partial charge is 0.245 e. The second kappa shape index (κ2) is 8.76. The minimum Gasteiger partial charge on any atom is -0.494 e. The van der Waals surface area contributed by atoms with Gasteiger partial charge in [-0.05, 0) is 57.0 Å². The minimum atomic E-state index is -0.461. The Labute approximate surface area is 132 Å². The van der Waals surface area contributed by atoms with Crippen molar-refractivity contribution in [3.8, 4) is 5.75 Å². The molecule has 1 aromatic carbocycles. The van der Waals surface area contributed by atoms with Crippen LogP contribution in [-0.4, -0.2) is 48.8 Å². The lowest BCUT2D eigenvalue weighted by Gasteiger charge is -2.24. The fourth-order valence-corrected chi connectivity index (χ4v) is 2.75. The average Bonchev–Trinajstić information content (AvgIpc) is 3.08. The number of aliphatic hydroxyl groups excluding tert-OH is 1. The van der Waals surface area contributed by atoms with Gasteiger partial charge in [-0.25, -0.2) is 0 Å². The maximum absolute atomic E-state index is 10.9. The summed E-state index contributed by atoms with van der Waals surface area (Å²) in [6.07, 6.45) is 3.30. The number of ether oxygens (including phenoxy) is 1. The summed E-state index contributed by atoms with van der Waals surface area (Å²) in [7, 11) is 0. The molecule has 1 fully saturated rings. The van der Waals surface area contributed by atoms with Gasteiger partial charge < -0.3 is 15.2 Å². The van der Waals surface area contributed by atoms with Gasteiger partial charge in [0.1, 0.15) is 12.4 Å². The van der Waals surface area contributed by atoms with E-state index in [2.05, 4.69) is 29.3 Å². The first-order valence-electron chi connectivity index (χ1n) is 8.05. The van der Waals surface area contributed by atoms with E-state index in [0.29, 0.717) is 19.2 Å². The van der Waals surface area contributed by atoms with Crippen molar-refractivity contribution in [2.75, 3.05) is 32.8 Å². The molecule has 1 amide bonds. The molecule has 0 aliphatic carbocycles. The van der Waals surface area contributed by atoms with Gasteiger partial charge in [0.2, 0.25) is 5.91 Å². The molecule has 0 radical (unpaired) electrons. The summed E-state index contributed by atoms with van der Waals surface area (Å²) in [5.74, 6) is 0.526. The summed E-state index contributed by atoms with van der Waals surface area (Å²) in [5.41, 5.74) is 1.29.